The summed E-state index contributed by atoms with van der Waals surface area (Å²) in [5.74, 6) is 0.493. The fraction of sp³-hybridized carbons (Fsp3) is 0.300. The third-order valence-electron chi connectivity index (χ3n) is 1.70. The van der Waals surface area contributed by atoms with E-state index in [1.165, 1.54) is 14.0 Å². The third-order valence-corrected chi connectivity index (χ3v) is 1.70. The molecule has 0 amide bonds. The van der Waals surface area contributed by atoms with Crippen molar-refractivity contribution in [3.05, 3.63) is 24.3 Å². The van der Waals surface area contributed by atoms with Crippen LogP contribution in [0.5, 0.6) is 5.75 Å². The fourth-order valence-corrected chi connectivity index (χ4v) is 0.961. The van der Waals surface area contributed by atoms with Gasteiger partial charge in [-0.15, -0.1) is 0 Å². The fourth-order valence-electron chi connectivity index (χ4n) is 0.961. The summed E-state index contributed by atoms with van der Waals surface area (Å²) >= 11 is 0. The number of ether oxygens (including phenoxy) is 1. The highest BCUT2D eigenvalue weighted by atomic mass is 19.3. The van der Waals surface area contributed by atoms with E-state index in [4.69, 9.17) is 4.74 Å². The van der Waals surface area contributed by atoms with Crippen LogP contribution in [0.1, 0.15) is 6.92 Å². The van der Waals surface area contributed by atoms with Gasteiger partial charge in [-0.3, -0.25) is 0 Å². The molecule has 0 saturated carbocycles. The molecule has 0 unspecified atom stereocenters. The van der Waals surface area contributed by atoms with Crippen LogP contribution in [0.2, 0.25) is 0 Å². The van der Waals surface area contributed by atoms with Gasteiger partial charge in [0.2, 0.25) is 0 Å². The van der Waals surface area contributed by atoms with E-state index in [9.17, 15) is 8.78 Å². The maximum Gasteiger partial charge on any atom is 0.276 e. The summed E-state index contributed by atoms with van der Waals surface area (Å²) in [6.07, 6.45) is -2.53. The van der Waals surface area contributed by atoms with Gasteiger partial charge in [0.25, 0.3) is 6.43 Å². The van der Waals surface area contributed by atoms with Crippen LogP contribution >= 0.6 is 0 Å². The van der Waals surface area contributed by atoms with Crippen molar-refractivity contribution in [3.8, 4) is 5.75 Å². The normalized spacial score (nSPS) is 11.9. The molecule has 76 valence electrons. The van der Waals surface area contributed by atoms with Crippen molar-refractivity contribution in [1.82, 2.24) is 0 Å². The van der Waals surface area contributed by atoms with Gasteiger partial charge in [-0.2, -0.15) is 0 Å². The molecule has 1 aromatic rings. The van der Waals surface area contributed by atoms with Crippen LogP contribution in [0.3, 0.4) is 0 Å². The van der Waals surface area contributed by atoms with E-state index in [-0.39, 0.29) is 5.71 Å². The molecule has 0 aliphatic carbocycles. The van der Waals surface area contributed by atoms with E-state index in [0.29, 0.717) is 11.4 Å². The zero-order valence-corrected chi connectivity index (χ0v) is 8.00. The lowest BCUT2D eigenvalue weighted by atomic mass is 10.3. The summed E-state index contributed by atoms with van der Waals surface area (Å²) in [6, 6.07) is 6.79. The number of para-hydroxylation sites is 2. The summed E-state index contributed by atoms with van der Waals surface area (Å²) in [5.41, 5.74) is 0.210. The number of hydrogen-bond donors (Lipinski definition) is 0. The summed E-state index contributed by atoms with van der Waals surface area (Å²) in [7, 11) is 1.48. The molecule has 4 heteroatoms. The number of benzene rings is 1. The Labute approximate surface area is 81.2 Å². The lowest BCUT2D eigenvalue weighted by Gasteiger charge is -2.04. The highest BCUT2D eigenvalue weighted by Crippen LogP contribution is 2.26. The Hall–Kier alpha value is -1.45. The molecule has 0 aromatic heterocycles. The lowest BCUT2D eigenvalue weighted by Crippen LogP contribution is -2.03. The summed E-state index contributed by atoms with van der Waals surface area (Å²) in [6.45, 7) is 1.29. The van der Waals surface area contributed by atoms with Gasteiger partial charge >= 0.3 is 0 Å². The minimum Gasteiger partial charge on any atom is -0.494 e. The summed E-state index contributed by atoms with van der Waals surface area (Å²) < 4.78 is 29.3. The zero-order chi connectivity index (χ0) is 10.6. The predicted molar refractivity (Wildman–Crippen MR) is 51.8 cm³/mol. The molecule has 1 rings (SSSR count). The Balaban J connectivity index is 3.01. The molecule has 0 heterocycles. The maximum absolute atomic E-state index is 12.2. The minimum atomic E-state index is -2.53. The average molecular weight is 199 g/mol. The van der Waals surface area contributed by atoms with Crippen LogP contribution < -0.4 is 4.74 Å². The SMILES string of the molecule is COc1ccccc1/N=C(\C)C(F)F. The molecule has 0 fully saturated rings. The molecule has 0 saturated heterocycles. The molecule has 14 heavy (non-hydrogen) atoms. The standard InChI is InChI=1S/C10H11F2NO/c1-7(10(11)12)13-8-5-3-4-6-9(8)14-2/h3-6,10H,1-2H3/b13-7+. The van der Waals surface area contributed by atoms with Gasteiger partial charge in [-0.1, -0.05) is 12.1 Å². The topological polar surface area (TPSA) is 21.6 Å². The third kappa shape index (κ3) is 2.52. The van der Waals surface area contributed by atoms with Crippen molar-refractivity contribution in [2.45, 2.75) is 13.3 Å². The number of aliphatic imine (C=N–C) groups is 1. The van der Waals surface area contributed by atoms with E-state index in [1.54, 1.807) is 24.3 Å². The first-order valence-corrected chi connectivity index (χ1v) is 4.11. The van der Waals surface area contributed by atoms with Gasteiger partial charge in [-0.05, 0) is 19.1 Å². The number of alkyl halides is 2. The van der Waals surface area contributed by atoms with Crippen molar-refractivity contribution < 1.29 is 13.5 Å². The van der Waals surface area contributed by atoms with Crippen LogP contribution in [0.25, 0.3) is 0 Å². The first kappa shape index (κ1) is 10.6. The lowest BCUT2D eigenvalue weighted by molar-refractivity contribution is 0.225. The Morgan fingerprint density at radius 2 is 2.00 bits per heavy atom. The van der Waals surface area contributed by atoms with E-state index < -0.39 is 6.43 Å². The first-order chi connectivity index (χ1) is 6.65. The van der Waals surface area contributed by atoms with E-state index in [2.05, 4.69) is 4.99 Å². The van der Waals surface area contributed by atoms with Crippen molar-refractivity contribution in [2.24, 2.45) is 4.99 Å². The smallest absolute Gasteiger partial charge is 0.276 e. The molecular formula is C10H11F2NO. The predicted octanol–water partition coefficient (Wildman–Crippen LogP) is 3.05. The molecule has 0 spiro atoms. The molecule has 0 atom stereocenters. The zero-order valence-electron chi connectivity index (χ0n) is 8.00. The second-order valence-corrected chi connectivity index (χ2v) is 2.73. The van der Waals surface area contributed by atoms with E-state index in [1.807, 2.05) is 0 Å². The van der Waals surface area contributed by atoms with Gasteiger partial charge in [0, 0.05) is 0 Å². The maximum atomic E-state index is 12.2. The second kappa shape index (κ2) is 4.69. The van der Waals surface area contributed by atoms with Crippen LogP contribution in [-0.4, -0.2) is 19.2 Å². The van der Waals surface area contributed by atoms with E-state index in [0.717, 1.165) is 0 Å². The van der Waals surface area contributed by atoms with Crippen molar-refractivity contribution in [1.29, 1.82) is 0 Å². The highest BCUT2D eigenvalue weighted by molar-refractivity contribution is 5.88. The first-order valence-electron chi connectivity index (χ1n) is 4.11. The number of nitrogens with zero attached hydrogens (tertiary/aromatic N) is 1. The van der Waals surface area contributed by atoms with Crippen LogP contribution in [-0.2, 0) is 0 Å². The number of methoxy groups -OCH3 is 1. The second-order valence-electron chi connectivity index (χ2n) is 2.73. The number of hydrogen-bond acceptors (Lipinski definition) is 2. The van der Waals surface area contributed by atoms with E-state index >= 15 is 0 Å². The van der Waals surface area contributed by atoms with Crippen molar-refractivity contribution in [2.75, 3.05) is 7.11 Å². The number of rotatable bonds is 3. The minimum absolute atomic E-state index is 0.213. The Kier molecular flexibility index (Phi) is 3.56. The molecular weight excluding hydrogens is 188 g/mol. The van der Waals surface area contributed by atoms with Gasteiger partial charge in [0.05, 0.1) is 12.8 Å². The Bertz CT molecular complexity index is 337. The Morgan fingerprint density at radius 3 is 2.57 bits per heavy atom. The highest BCUT2D eigenvalue weighted by Gasteiger charge is 2.08. The molecule has 0 radical (unpaired) electrons. The quantitative estimate of drug-likeness (QED) is 0.685. The van der Waals surface area contributed by atoms with Crippen LogP contribution in [0, 0.1) is 0 Å². The van der Waals surface area contributed by atoms with Gasteiger partial charge < -0.3 is 4.74 Å². The molecule has 0 aliphatic rings. The van der Waals surface area contributed by atoms with Crippen LogP contribution in [0.15, 0.2) is 29.3 Å². The molecule has 0 N–H and O–H groups in total. The average Bonchev–Trinajstić information content (AvgIpc) is 2.18. The molecule has 0 bridgehead atoms. The van der Waals surface area contributed by atoms with Gasteiger partial charge in [0.15, 0.2) is 0 Å². The van der Waals surface area contributed by atoms with Crippen molar-refractivity contribution >= 4 is 11.4 Å². The summed E-state index contributed by atoms with van der Waals surface area (Å²) in [5, 5.41) is 0. The largest absolute Gasteiger partial charge is 0.494 e. The summed E-state index contributed by atoms with van der Waals surface area (Å²) in [4.78, 5) is 3.77. The Morgan fingerprint density at radius 1 is 1.36 bits per heavy atom. The van der Waals surface area contributed by atoms with Gasteiger partial charge in [-0.25, -0.2) is 13.8 Å². The van der Waals surface area contributed by atoms with Gasteiger partial charge in [0.1, 0.15) is 11.4 Å². The molecule has 0 aliphatic heterocycles. The molecule has 1 aromatic carbocycles. The number of halogens is 2. The monoisotopic (exact) mass is 199 g/mol. The van der Waals surface area contributed by atoms with Crippen molar-refractivity contribution in [3.63, 3.8) is 0 Å². The van der Waals surface area contributed by atoms with Crippen LogP contribution in [0.4, 0.5) is 14.5 Å². The molecule has 2 nitrogen and oxygen atoms in total.